The van der Waals surface area contributed by atoms with Gasteiger partial charge in [-0.05, 0) is 49.0 Å². The van der Waals surface area contributed by atoms with Gasteiger partial charge >= 0.3 is 16.4 Å². The summed E-state index contributed by atoms with van der Waals surface area (Å²) < 4.78 is 35.1. The zero-order valence-corrected chi connectivity index (χ0v) is 18.9. The van der Waals surface area contributed by atoms with Gasteiger partial charge < -0.3 is 15.5 Å². The Morgan fingerprint density at radius 2 is 2.06 bits per heavy atom. The summed E-state index contributed by atoms with van der Waals surface area (Å²) in [5.74, 6) is 4.09. The van der Waals surface area contributed by atoms with Crippen molar-refractivity contribution in [2.45, 2.75) is 37.4 Å². The number of hydroxylamine groups is 3. The average molecular weight is 482 g/mol. The summed E-state index contributed by atoms with van der Waals surface area (Å²) in [7, 11) is -4.68. The summed E-state index contributed by atoms with van der Waals surface area (Å²) in [5, 5.41) is 7.49. The SMILES string of the molecule is O=C(NOC[C@@H]1C[C@@H](C[SH]2CCNCC2)CN1)[C@@H]1CC[C@@H]2CN1C(=O)N2OS(=O)(=O)O. The number of nitrogens with one attached hydrogen (secondary N) is 3. The molecule has 4 heterocycles. The Hall–Kier alpha value is -1.16. The number of carbonyl (C=O) groups excluding carboxylic acids is 2. The molecule has 0 aromatic rings. The lowest BCUT2D eigenvalue weighted by molar-refractivity contribution is -0.139. The minimum Gasteiger partial charge on any atom is -0.315 e. The van der Waals surface area contributed by atoms with Gasteiger partial charge in [0.05, 0.1) is 12.6 Å². The molecule has 4 N–H and O–H groups in total. The minimum absolute atomic E-state index is 0.128. The number of nitrogens with zero attached hydrogens (tertiary/aromatic N) is 2. The van der Waals surface area contributed by atoms with Gasteiger partial charge in [-0.2, -0.15) is 13.5 Å². The van der Waals surface area contributed by atoms with Crippen molar-refractivity contribution in [3.8, 4) is 0 Å². The molecule has 0 radical (unpaired) electrons. The number of piperidine rings is 1. The van der Waals surface area contributed by atoms with Crippen molar-refractivity contribution in [1.82, 2.24) is 26.1 Å². The highest BCUT2D eigenvalue weighted by atomic mass is 32.3. The molecule has 0 aliphatic carbocycles. The molecule has 2 bridgehead atoms. The third-order valence-corrected chi connectivity index (χ3v) is 9.39. The van der Waals surface area contributed by atoms with Gasteiger partial charge in [0.2, 0.25) is 0 Å². The Kier molecular flexibility index (Phi) is 7.25. The van der Waals surface area contributed by atoms with Crippen molar-refractivity contribution in [3.05, 3.63) is 0 Å². The van der Waals surface area contributed by atoms with E-state index in [1.54, 1.807) is 0 Å². The topological polar surface area (TPSA) is 150 Å². The number of hydrogen-bond donors (Lipinski definition) is 5. The van der Waals surface area contributed by atoms with Gasteiger partial charge in [-0.15, -0.1) is 4.28 Å². The third-order valence-electron chi connectivity index (χ3n) is 6.30. The molecule has 4 saturated heterocycles. The molecule has 0 spiro atoms. The molecule has 14 heteroatoms. The Morgan fingerprint density at radius 3 is 2.81 bits per heavy atom. The molecule has 0 unspecified atom stereocenters. The molecule has 0 saturated carbocycles. The zero-order valence-electron chi connectivity index (χ0n) is 17.2. The van der Waals surface area contributed by atoms with Crippen LogP contribution < -0.4 is 16.1 Å². The van der Waals surface area contributed by atoms with Gasteiger partial charge in [-0.3, -0.25) is 25.1 Å². The number of urea groups is 1. The van der Waals surface area contributed by atoms with Crippen molar-refractivity contribution in [2.24, 2.45) is 5.92 Å². The van der Waals surface area contributed by atoms with Crippen LogP contribution in [0.3, 0.4) is 0 Å². The smallest absolute Gasteiger partial charge is 0.315 e. The molecule has 0 aromatic heterocycles. The summed E-state index contributed by atoms with van der Waals surface area (Å²) >= 11 is 0. The fourth-order valence-electron chi connectivity index (χ4n) is 4.81. The van der Waals surface area contributed by atoms with Crippen LogP contribution in [0.4, 0.5) is 4.79 Å². The molecule has 4 atom stereocenters. The van der Waals surface area contributed by atoms with E-state index in [1.807, 2.05) is 0 Å². The molecular formula is C17H31N5O7S2. The van der Waals surface area contributed by atoms with Crippen LogP contribution in [0.5, 0.6) is 0 Å². The summed E-state index contributed by atoms with van der Waals surface area (Å²) in [6.45, 7) is 3.74. The summed E-state index contributed by atoms with van der Waals surface area (Å²) in [6.07, 6.45) is 1.75. The van der Waals surface area contributed by atoms with E-state index in [4.69, 9.17) is 9.39 Å². The second-order valence-corrected chi connectivity index (χ2v) is 12.2. The van der Waals surface area contributed by atoms with Gasteiger partial charge in [0.1, 0.15) is 6.04 Å². The van der Waals surface area contributed by atoms with Crippen molar-refractivity contribution < 1.29 is 31.7 Å². The van der Waals surface area contributed by atoms with Gasteiger partial charge in [-0.1, -0.05) is 0 Å². The van der Waals surface area contributed by atoms with E-state index in [2.05, 4.69) is 20.4 Å². The fourth-order valence-corrected chi connectivity index (χ4v) is 7.75. The van der Waals surface area contributed by atoms with Crippen molar-refractivity contribution in [2.75, 3.05) is 50.0 Å². The highest BCUT2D eigenvalue weighted by Crippen LogP contribution is 2.32. The zero-order chi connectivity index (χ0) is 22.0. The molecule has 31 heavy (non-hydrogen) atoms. The minimum atomic E-state index is -4.81. The Morgan fingerprint density at radius 1 is 1.29 bits per heavy atom. The van der Waals surface area contributed by atoms with E-state index in [9.17, 15) is 18.0 Å². The molecule has 4 aliphatic rings. The van der Waals surface area contributed by atoms with E-state index >= 15 is 0 Å². The molecule has 178 valence electrons. The molecule has 4 fully saturated rings. The molecule has 4 rings (SSSR count). The Balaban J connectivity index is 1.19. The normalized spacial score (nSPS) is 32.5. The van der Waals surface area contributed by atoms with Crippen LogP contribution in [0.15, 0.2) is 0 Å². The number of amides is 3. The van der Waals surface area contributed by atoms with Gasteiger partial charge in [0.25, 0.3) is 5.91 Å². The largest absolute Gasteiger partial charge is 0.418 e. The van der Waals surface area contributed by atoms with Gasteiger partial charge in [0, 0.05) is 25.7 Å². The maximum atomic E-state index is 12.5. The van der Waals surface area contributed by atoms with Crippen LogP contribution in [0, 0.1) is 5.92 Å². The molecule has 0 aromatic carbocycles. The van der Waals surface area contributed by atoms with E-state index in [1.165, 1.54) is 22.2 Å². The fraction of sp³-hybridized carbons (Fsp3) is 0.882. The molecule has 4 aliphatic heterocycles. The predicted octanol–water partition coefficient (Wildman–Crippen LogP) is -1.38. The third kappa shape index (κ3) is 5.80. The Bertz CT molecular complexity index is 779. The van der Waals surface area contributed by atoms with E-state index < -0.39 is 34.4 Å². The number of fused-ring (bicyclic) bond motifs is 2. The molecular weight excluding hydrogens is 450 g/mol. The van der Waals surface area contributed by atoms with Crippen molar-refractivity contribution in [3.63, 3.8) is 0 Å². The van der Waals surface area contributed by atoms with Crippen LogP contribution in [0.1, 0.15) is 19.3 Å². The lowest BCUT2D eigenvalue weighted by Gasteiger charge is -2.29. The summed E-state index contributed by atoms with van der Waals surface area (Å²) in [5.41, 5.74) is 2.44. The van der Waals surface area contributed by atoms with Gasteiger partial charge in [0.15, 0.2) is 0 Å². The van der Waals surface area contributed by atoms with Crippen molar-refractivity contribution >= 4 is 33.2 Å². The maximum absolute atomic E-state index is 12.5. The van der Waals surface area contributed by atoms with Crippen LogP contribution in [-0.4, -0.2) is 103 Å². The first-order chi connectivity index (χ1) is 14.8. The number of carbonyl (C=O) groups is 2. The predicted molar refractivity (Wildman–Crippen MR) is 114 cm³/mol. The summed E-state index contributed by atoms with van der Waals surface area (Å²) in [6, 6.07) is -1.88. The first-order valence-electron chi connectivity index (χ1n) is 10.6. The van der Waals surface area contributed by atoms with Crippen LogP contribution in [0.25, 0.3) is 0 Å². The number of rotatable bonds is 8. The second kappa shape index (κ2) is 9.77. The summed E-state index contributed by atoms with van der Waals surface area (Å²) in [4.78, 5) is 31.6. The number of thiol groups is 1. The lowest BCUT2D eigenvalue weighted by atomic mass is 10.0. The highest BCUT2D eigenvalue weighted by Gasteiger charge is 2.49. The van der Waals surface area contributed by atoms with Gasteiger partial charge in [-0.25, -0.2) is 10.3 Å². The Labute approximate surface area is 184 Å². The standard InChI is InChI=1S/C17H31N5O7S2/c23-16(15-2-1-14-9-21(15)17(24)22(14)29-31(25,26)27)20-28-10-13-7-12(8-19-13)11-30-5-3-18-4-6-30/h12-15,18-19,30H,1-11H2,(H,20,23)(H,25,26,27)/t12-,13+,14-,15+/m1/s1. The highest BCUT2D eigenvalue weighted by molar-refractivity contribution is 8.17. The number of hydrogen-bond acceptors (Lipinski definition) is 8. The average Bonchev–Trinajstić information content (AvgIpc) is 3.26. The van der Waals surface area contributed by atoms with Crippen LogP contribution >= 0.6 is 10.9 Å². The first-order valence-corrected chi connectivity index (χ1v) is 13.9. The van der Waals surface area contributed by atoms with E-state index in [0.29, 0.717) is 30.4 Å². The van der Waals surface area contributed by atoms with Crippen LogP contribution in [0.2, 0.25) is 0 Å². The van der Waals surface area contributed by atoms with E-state index in [0.717, 1.165) is 26.1 Å². The molecule has 12 nitrogen and oxygen atoms in total. The van der Waals surface area contributed by atoms with Crippen LogP contribution in [-0.2, 0) is 24.3 Å². The molecule has 3 amide bonds. The first kappa shape index (κ1) is 23.0. The lowest BCUT2D eigenvalue weighted by Crippen LogP contribution is -2.50. The van der Waals surface area contributed by atoms with Crippen molar-refractivity contribution in [1.29, 1.82) is 0 Å². The van der Waals surface area contributed by atoms with E-state index in [-0.39, 0.29) is 23.5 Å². The second-order valence-electron chi connectivity index (χ2n) is 8.54. The maximum Gasteiger partial charge on any atom is 0.418 e. The quantitative estimate of drug-likeness (QED) is 0.161. The monoisotopic (exact) mass is 481 g/mol.